The van der Waals surface area contributed by atoms with Crippen LogP contribution in [-0.4, -0.2) is 26.5 Å². The molecule has 6 nitrogen and oxygen atoms in total. The summed E-state index contributed by atoms with van der Waals surface area (Å²) in [5.41, 5.74) is 2.20. The standard InChI is InChI=1S/C19H15Cl2N3O3S/c20-12-4-6-15(7-5-12)27-9-18(25)22-19-16-10-28(26)11-17(16)23-24(19)14-3-1-2-13(21)8-14/h1-8H,9-11H2,(H,22,25)/t28-/m1/s1. The maximum absolute atomic E-state index is 12.5. The zero-order chi connectivity index (χ0) is 19.7. The van der Waals surface area contributed by atoms with Crippen molar-refractivity contribution in [2.24, 2.45) is 0 Å². The highest BCUT2D eigenvalue weighted by Crippen LogP contribution is 2.31. The lowest BCUT2D eigenvalue weighted by molar-refractivity contribution is -0.118. The third-order valence-corrected chi connectivity index (χ3v) is 5.86. The molecule has 0 fully saturated rings. The Kier molecular flexibility index (Phi) is 5.39. The summed E-state index contributed by atoms with van der Waals surface area (Å²) in [7, 11) is -1.02. The number of fused-ring (bicyclic) bond motifs is 1. The first-order chi connectivity index (χ1) is 13.5. The number of ether oxygens (including phenoxy) is 1. The van der Waals surface area contributed by atoms with Crippen LogP contribution in [-0.2, 0) is 27.1 Å². The van der Waals surface area contributed by atoms with Gasteiger partial charge in [0, 0.05) is 26.4 Å². The Balaban J connectivity index is 1.57. The van der Waals surface area contributed by atoms with Crippen molar-refractivity contribution in [3.63, 3.8) is 0 Å². The average Bonchev–Trinajstić information content (AvgIpc) is 3.18. The Morgan fingerprint density at radius 2 is 1.93 bits per heavy atom. The molecule has 4 rings (SSSR count). The lowest BCUT2D eigenvalue weighted by Gasteiger charge is -2.12. The molecule has 2 aromatic carbocycles. The van der Waals surface area contributed by atoms with E-state index in [1.165, 1.54) is 0 Å². The highest BCUT2D eigenvalue weighted by molar-refractivity contribution is 7.83. The van der Waals surface area contributed by atoms with Crippen molar-refractivity contribution in [1.29, 1.82) is 0 Å². The molecule has 2 heterocycles. The summed E-state index contributed by atoms with van der Waals surface area (Å²) in [6.07, 6.45) is 0. The van der Waals surface area contributed by atoms with Crippen molar-refractivity contribution in [3.8, 4) is 11.4 Å². The monoisotopic (exact) mass is 435 g/mol. The fourth-order valence-electron chi connectivity index (χ4n) is 2.90. The number of carbonyl (C=O) groups excluding carboxylic acids is 1. The van der Waals surface area contributed by atoms with Gasteiger partial charge in [-0.25, -0.2) is 4.68 Å². The van der Waals surface area contributed by atoms with Crippen molar-refractivity contribution < 1.29 is 13.7 Å². The third-order valence-electron chi connectivity index (χ3n) is 4.16. The van der Waals surface area contributed by atoms with Gasteiger partial charge >= 0.3 is 0 Å². The van der Waals surface area contributed by atoms with E-state index in [0.717, 1.165) is 5.56 Å². The first-order valence-corrected chi connectivity index (χ1v) is 10.6. The van der Waals surface area contributed by atoms with Gasteiger partial charge in [-0.3, -0.25) is 9.00 Å². The first kappa shape index (κ1) is 19.0. The number of nitrogens with zero attached hydrogens (tertiary/aromatic N) is 2. The molecule has 9 heteroatoms. The van der Waals surface area contributed by atoms with Gasteiger partial charge in [-0.15, -0.1) is 0 Å². The topological polar surface area (TPSA) is 73.2 Å². The van der Waals surface area contributed by atoms with E-state index in [2.05, 4.69) is 10.4 Å². The number of aromatic nitrogens is 2. The molecule has 0 saturated carbocycles. The molecule has 144 valence electrons. The lowest BCUT2D eigenvalue weighted by Crippen LogP contribution is -2.22. The lowest BCUT2D eigenvalue weighted by atomic mass is 10.2. The highest BCUT2D eigenvalue weighted by Gasteiger charge is 2.28. The maximum atomic E-state index is 12.5. The van der Waals surface area contributed by atoms with E-state index in [1.54, 1.807) is 47.1 Å². The molecule has 0 unspecified atom stereocenters. The number of amides is 1. The summed E-state index contributed by atoms with van der Waals surface area (Å²) in [6, 6.07) is 13.9. The molecule has 3 aromatic rings. The van der Waals surface area contributed by atoms with Crippen molar-refractivity contribution in [2.75, 3.05) is 11.9 Å². The average molecular weight is 436 g/mol. The van der Waals surface area contributed by atoms with Gasteiger partial charge in [0.1, 0.15) is 11.6 Å². The van der Waals surface area contributed by atoms with E-state index < -0.39 is 10.8 Å². The molecule has 0 radical (unpaired) electrons. The van der Waals surface area contributed by atoms with Crippen LogP contribution >= 0.6 is 23.2 Å². The van der Waals surface area contributed by atoms with E-state index in [9.17, 15) is 9.00 Å². The largest absolute Gasteiger partial charge is 0.484 e. The zero-order valence-corrected chi connectivity index (χ0v) is 16.9. The van der Waals surface area contributed by atoms with Gasteiger partial charge in [-0.2, -0.15) is 5.10 Å². The van der Waals surface area contributed by atoms with Crippen molar-refractivity contribution in [3.05, 3.63) is 69.8 Å². The second kappa shape index (κ2) is 7.95. The molecule has 1 aliphatic heterocycles. The third kappa shape index (κ3) is 4.06. The number of anilines is 1. The molecule has 28 heavy (non-hydrogen) atoms. The van der Waals surface area contributed by atoms with Crippen LogP contribution in [0, 0.1) is 0 Å². The predicted octanol–water partition coefficient (Wildman–Crippen LogP) is 3.96. The summed E-state index contributed by atoms with van der Waals surface area (Å²) in [4.78, 5) is 12.5. The molecule has 0 bridgehead atoms. The van der Waals surface area contributed by atoms with Crippen LogP contribution in [0.15, 0.2) is 48.5 Å². The van der Waals surface area contributed by atoms with E-state index in [1.807, 2.05) is 6.07 Å². The Morgan fingerprint density at radius 1 is 1.14 bits per heavy atom. The van der Waals surface area contributed by atoms with E-state index >= 15 is 0 Å². The van der Waals surface area contributed by atoms with Crippen LogP contribution in [0.5, 0.6) is 5.75 Å². The highest BCUT2D eigenvalue weighted by atomic mass is 35.5. The number of nitrogens with one attached hydrogen (secondary N) is 1. The van der Waals surface area contributed by atoms with Gasteiger partial charge in [0.25, 0.3) is 5.91 Å². The van der Waals surface area contributed by atoms with Crippen LogP contribution in [0.3, 0.4) is 0 Å². The second-order valence-electron chi connectivity index (χ2n) is 6.18. The minimum Gasteiger partial charge on any atom is -0.484 e. The summed E-state index contributed by atoms with van der Waals surface area (Å²) in [5.74, 6) is 1.40. The van der Waals surface area contributed by atoms with Crippen LogP contribution < -0.4 is 10.1 Å². The molecule has 1 aliphatic rings. The van der Waals surface area contributed by atoms with Crippen LogP contribution in [0.4, 0.5) is 5.82 Å². The number of halogens is 2. The molecule has 1 atom stereocenters. The van der Waals surface area contributed by atoms with Gasteiger partial charge in [0.2, 0.25) is 0 Å². The minimum absolute atomic E-state index is 0.180. The Bertz CT molecular complexity index is 1070. The number of benzene rings is 2. The smallest absolute Gasteiger partial charge is 0.263 e. The molecule has 1 amide bonds. The van der Waals surface area contributed by atoms with Crippen molar-refractivity contribution in [2.45, 2.75) is 11.5 Å². The normalized spacial score (nSPS) is 15.3. The minimum atomic E-state index is -1.02. The second-order valence-corrected chi connectivity index (χ2v) is 8.51. The van der Waals surface area contributed by atoms with Gasteiger partial charge in [0.05, 0.1) is 22.9 Å². The molecule has 0 spiro atoms. The summed E-state index contributed by atoms with van der Waals surface area (Å²) < 4.78 is 19.0. The Morgan fingerprint density at radius 3 is 2.68 bits per heavy atom. The molecule has 1 N–H and O–H groups in total. The SMILES string of the molecule is O=C(COc1ccc(Cl)cc1)Nc1c2c(nn1-c1cccc(Cl)c1)C[S@](=O)C2. The number of rotatable bonds is 5. The fourth-order valence-corrected chi connectivity index (χ4v) is 4.47. The fraction of sp³-hybridized carbons (Fsp3) is 0.158. The number of hydrogen-bond donors (Lipinski definition) is 1. The van der Waals surface area contributed by atoms with Crippen molar-refractivity contribution in [1.82, 2.24) is 9.78 Å². The maximum Gasteiger partial charge on any atom is 0.263 e. The first-order valence-electron chi connectivity index (χ1n) is 8.39. The van der Waals surface area contributed by atoms with Crippen LogP contribution in [0.25, 0.3) is 5.69 Å². The van der Waals surface area contributed by atoms with E-state index in [-0.39, 0.29) is 12.5 Å². The Labute approximate surface area is 173 Å². The van der Waals surface area contributed by atoms with Crippen molar-refractivity contribution >= 4 is 45.7 Å². The molecule has 1 aromatic heterocycles. The van der Waals surface area contributed by atoms with E-state index in [4.69, 9.17) is 27.9 Å². The van der Waals surface area contributed by atoms with Gasteiger partial charge < -0.3 is 10.1 Å². The van der Waals surface area contributed by atoms with Gasteiger partial charge in [-0.05, 0) is 42.5 Å². The van der Waals surface area contributed by atoms with Crippen LogP contribution in [0.1, 0.15) is 11.3 Å². The molecular formula is C19H15Cl2N3O3S. The summed E-state index contributed by atoms with van der Waals surface area (Å²) >= 11 is 11.9. The van der Waals surface area contributed by atoms with Gasteiger partial charge in [0.15, 0.2) is 6.61 Å². The quantitative estimate of drug-likeness (QED) is 0.657. The Hall–Kier alpha value is -2.35. The molecular weight excluding hydrogens is 421 g/mol. The van der Waals surface area contributed by atoms with Crippen LogP contribution in [0.2, 0.25) is 10.0 Å². The molecule has 0 aliphatic carbocycles. The zero-order valence-electron chi connectivity index (χ0n) is 14.5. The number of carbonyl (C=O) groups is 1. The van der Waals surface area contributed by atoms with E-state index in [0.29, 0.717) is 44.5 Å². The predicted molar refractivity (Wildman–Crippen MR) is 110 cm³/mol. The summed E-state index contributed by atoms with van der Waals surface area (Å²) in [5, 5.41) is 8.52. The number of hydrogen-bond acceptors (Lipinski definition) is 4. The molecule has 0 saturated heterocycles. The van der Waals surface area contributed by atoms with Gasteiger partial charge in [-0.1, -0.05) is 29.3 Å². The summed E-state index contributed by atoms with van der Waals surface area (Å²) in [6.45, 7) is -0.180.